The maximum absolute atomic E-state index is 13.3. The average Bonchev–Trinajstić information content (AvgIpc) is 3.52. The van der Waals surface area contributed by atoms with Crippen LogP contribution >= 0.6 is 0 Å². The van der Waals surface area contributed by atoms with Gasteiger partial charge in [0.25, 0.3) is 11.8 Å². The van der Waals surface area contributed by atoms with Crippen LogP contribution in [0.2, 0.25) is 0 Å². The van der Waals surface area contributed by atoms with Gasteiger partial charge >= 0.3 is 0 Å². The molecular formula is C25H25N3O3. The molecule has 0 spiro atoms. The summed E-state index contributed by atoms with van der Waals surface area (Å²) in [7, 11) is 0. The van der Waals surface area contributed by atoms with Crippen LogP contribution in [0, 0.1) is 0 Å². The summed E-state index contributed by atoms with van der Waals surface area (Å²) in [6, 6.07) is 16.7. The Morgan fingerprint density at radius 2 is 1.77 bits per heavy atom. The number of rotatable bonds is 6. The Balaban J connectivity index is 1.39. The van der Waals surface area contributed by atoms with Gasteiger partial charge in [-0.15, -0.1) is 0 Å². The minimum absolute atomic E-state index is 0.0646. The average molecular weight is 415 g/mol. The van der Waals surface area contributed by atoms with Gasteiger partial charge in [-0.2, -0.15) is 0 Å². The molecule has 2 N–H and O–H groups in total. The van der Waals surface area contributed by atoms with E-state index in [2.05, 4.69) is 10.6 Å². The lowest BCUT2D eigenvalue weighted by atomic mass is 10.0. The van der Waals surface area contributed by atoms with Crippen molar-refractivity contribution in [2.24, 2.45) is 0 Å². The first-order chi connectivity index (χ1) is 15.2. The maximum Gasteiger partial charge on any atom is 0.256 e. The van der Waals surface area contributed by atoms with Crippen LogP contribution < -0.4 is 10.6 Å². The number of nitrogens with one attached hydrogen (secondary N) is 2. The number of carbonyl (C=O) groups excluding carboxylic acids is 2. The van der Waals surface area contributed by atoms with E-state index in [9.17, 15) is 9.59 Å². The molecule has 5 rings (SSSR count). The van der Waals surface area contributed by atoms with Crippen molar-refractivity contribution in [2.75, 3.05) is 18.5 Å². The second-order valence-corrected chi connectivity index (χ2v) is 8.23. The van der Waals surface area contributed by atoms with Gasteiger partial charge < -0.3 is 15.4 Å². The number of fused-ring (bicyclic) bond motifs is 1. The van der Waals surface area contributed by atoms with Crippen LogP contribution in [0.5, 0.6) is 0 Å². The van der Waals surface area contributed by atoms with E-state index < -0.39 is 0 Å². The molecular weight excluding hydrogens is 390 g/mol. The fourth-order valence-corrected chi connectivity index (χ4v) is 4.06. The molecule has 0 radical (unpaired) electrons. The van der Waals surface area contributed by atoms with Crippen molar-refractivity contribution in [2.45, 2.75) is 37.7 Å². The van der Waals surface area contributed by atoms with Crippen LogP contribution in [0.1, 0.15) is 58.0 Å². The fourth-order valence-electron chi connectivity index (χ4n) is 4.06. The summed E-state index contributed by atoms with van der Waals surface area (Å²) in [4.78, 5) is 30.8. The molecule has 2 amide bonds. The molecule has 3 aromatic rings. The standard InChI is InChI=1S/C25H25N3O3/c29-24(26-15-17-6-5-13-31-17)19-8-2-4-10-22(19)28-25(30)20-14-23(16-11-12-16)27-21-9-3-1-7-18(20)21/h1-4,7-10,14,16-17H,5-6,11-13,15H2,(H,26,29)(H,28,30). The molecule has 158 valence electrons. The molecule has 6 nitrogen and oxygen atoms in total. The Hall–Kier alpha value is -3.25. The minimum Gasteiger partial charge on any atom is -0.376 e. The topological polar surface area (TPSA) is 80.3 Å². The number of ether oxygens (including phenoxy) is 1. The van der Waals surface area contributed by atoms with Crippen LogP contribution in [-0.4, -0.2) is 36.1 Å². The summed E-state index contributed by atoms with van der Waals surface area (Å²) in [6.07, 6.45) is 4.27. The Morgan fingerprint density at radius 1 is 0.968 bits per heavy atom. The molecule has 1 aliphatic carbocycles. The van der Waals surface area contributed by atoms with Crippen molar-refractivity contribution in [1.29, 1.82) is 0 Å². The zero-order valence-electron chi connectivity index (χ0n) is 17.3. The van der Waals surface area contributed by atoms with Crippen LogP contribution in [0.25, 0.3) is 10.9 Å². The molecule has 2 fully saturated rings. The van der Waals surface area contributed by atoms with Crippen molar-refractivity contribution in [1.82, 2.24) is 10.3 Å². The SMILES string of the molecule is O=C(NCC1CCCO1)c1ccccc1NC(=O)c1cc(C2CC2)nc2ccccc12. The van der Waals surface area contributed by atoms with Gasteiger partial charge in [0.2, 0.25) is 0 Å². The predicted octanol–water partition coefficient (Wildman–Crippen LogP) is 4.27. The number of para-hydroxylation sites is 2. The lowest BCUT2D eigenvalue weighted by molar-refractivity contribution is 0.0858. The highest BCUT2D eigenvalue weighted by Crippen LogP contribution is 2.40. The van der Waals surface area contributed by atoms with Gasteiger partial charge in [-0.05, 0) is 49.9 Å². The van der Waals surface area contributed by atoms with Gasteiger partial charge in [-0.25, -0.2) is 0 Å². The molecule has 6 heteroatoms. The van der Waals surface area contributed by atoms with E-state index in [1.807, 2.05) is 36.4 Å². The highest BCUT2D eigenvalue weighted by atomic mass is 16.5. The molecule has 2 aliphatic rings. The first-order valence-electron chi connectivity index (χ1n) is 10.9. The van der Waals surface area contributed by atoms with Crippen molar-refractivity contribution in [3.63, 3.8) is 0 Å². The summed E-state index contributed by atoms with van der Waals surface area (Å²) in [5.41, 5.74) is 3.30. The van der Waals surface area contributed by atoms with E-state index in [0.717, 1.165) is 48.9 Å². The molecule has 2 heterocycles. The summed E-state index contributed by atoms with van der Waals surface area (Å²) in [5, 5.41) is 6.70. The molecule has 1 saturated heterocycles. The Morgan fingerprint density at radius 3 is 2.58 bits per heavy atom. The number of anilines is 1. The van der Waals surface area contributed by atoms with Crippen molar-refractivity contribution >= 4 is 28.4 Å². The lowest BCUT2D eigenvalue weighted by Gasteiger charge is -2.14. The second-order valence-electron chi connectivity index (χ2n) is 8.23. The summed E-state index contributed by atoms with van der Waals surface area (Å²) < 4.78 is 5.58. The van der Waals surface area contributed by atoms with Crippen LogP contribution in [-0.2, 0) is 4.74 Å². The first-order valence-corrected chi connectivity index (χ1v) is 10.9. The molecule has 1 atom stereocenters. The van der Waals surface area contributed by atoms with Crippen LogP contribution in [0.3, 0.4) is 0 Å². The predicted molar refractivity (Wildman–Crippen MR) is 119 cm³/mol. The molecule has 0 bridgehead atoms. The summed E-state index contributed by atoms with van der Waals surface area (Å²) in [6.45, 7) is 1.22. The van der Waals surface area contributed by atoms with E-state index in [-0.39, 0.29) is 17.9 Å². The van der Waals surface area contributed by atoms with E-state index in [1.54, 1.807) is 18.2 Å². The third kappa shape index (κ3) is 4.30. The van der Waals surface area contributed by atoms with E-state index in [0.29, 0.717) is 29.3 Å². The van der Waals surface area contributed by atoms with E-state index in [1.165, 1.54) is 0 Å². The van der Waals surface area contributed by atoms with Gasteiger partial charge in [0.15, 0.2) is 0 Å². The van der Waals surface area contributed by atoms with Gasteiger partial charge in [0, 0.05) is 30.1 Å². The Kier molecular flexibility index (Phi) is 5.38. The monoisotopic (exact) mass is 415 g/mol. The van der Waals surface area contributed by atoms with Gasteiger partial charge in [0.05, 0.1) is 28.4 Å². The quantitative estimate of drug-likeness (QED) is 0.630. The van der Waals surface area contributed by atoms with Crippen LogP contribution in [0.15, 0.2) is 54.6 Å². The highest BCUT2D eigenvalue weighted by Gasteiger charge is 2.27. The summed E-state index contributed by atoms with van der Waals surface area (Å²) >= 11 is 0. The van der Waals surface area contributed by atoms with Crippen molar-refractivity contribution < 1.29 is 14.3 Å². The number of nitrogens with zero attached hydrogens (tertiary/aromatic N) is 1. The zero-order chi connectivity index (χ0) is 21.2. The first kappa shape index (κ1) is 19.7. The zero-order valence-corrected chi connectivity index (χ0v) is 17.3. The normalized spacial score (nSPS) is 18.1. The van der Waals surface area contributed by atoms with Crippen molar-refractivity contribution in [3.8, 4) is 0 Å². The molecule has 2 aromatic carbocycles. The van der Waals surface area contributed by atoms with Gasteiger partial charge in [-0.1, -0.05) is 30.3 Å². The molecule has 1 aliphatic heterocycles. The molecule has 1 saturated carbocycles. The minimum atomic E-state index is -0.236. The number of benzene rings is 2. The second kappa shape index (κ2) is 8.47. The number of aromatic nitrogens is 1. The van der Waals surface area contributed by atoms with Crippen LogP contribution in [0.4, 0.5) is 5.69 Å². The fraction of sp³-hybridized carbons (Fsp3) is 0.320. The summed E-state index contributed by atoms with van der Waals surface area (Å²) in [5.74, 6) is -0.0171. The lowest BCUT2D eigenvalue weighted by Crippen LogP contribution is -2.32. The molecule has 1 unspecified atom stereocenters. The third-order valence-electron chi connectivity index (χ3n) is 5.91. The van der Waals surface area contributed by atoms with E-state index >= 15 is 0 Å². The van der Waals surface area contributed by atoms with Crippen molar-refractivity contribution in [3.05, 3.63) is 71.4 Å². The number of hydrogen-bond donors (Lipinski definition) is 2. The molecule has 1 aromatic heterocycles. The number of hydrogen-bond acceptors (Lipinski definition) is 4. The number of carbonyl (C=O) groups is 2. The smallest absolute Gasteiger partial charge is 0.256 e. The third-order valence-corrected chi connectivity index (χ3v) is 5.91. The van der Waals surface area contributed by atoms with Gasteiger partial charge in [0.1, 0.15) is 0 Å². The van der Waals surface area contributed by atoms with Gasteiger partial charge in [-0.3, -0.25) is 14.6 Å². The Labute approximate surface area is 181 Å². The van der Waals surface area contributed by atoms with E-state index in [4.69, 9.17) is 9.72 Å². The maximum atomic E-state index is 13.3. The Bertz CT molecular complexity index is 1130. The largest absolute Gasteiger partial charge is 0.376 e. The molecule has 31 heavy (non-hydrogen) atoms. The highest BCUT2D eigenvalue weighted by molar-refractivity contribution is 6.14. The number of pyridine rings is 1. The number of amides is 2.